The van der Waals surface area contributed by atoms with Gasteiger partial charge in [0.1, 0.15) is 11.5 Å². The summed E-state index contributed by atoms with van der Waals surface area (Å²) in [6, 6.07) is 11.4. The summed E-state index contributed by atoms with van der Waals surface area (Å²) in [4.78, 5) is 2.23. The van der Waals surface area contributed by atoms with E-state index in [1.54, 1.807) is 12.1 Å². The fourth-order valence-corrected chi connectivity index (χ4v) is 4.02. The van der Waals surface area contributed by atoms with Crippen LogP contribution in [0, 0.1) is 18.3 Å². The molecule has 2 aromatic rings. The lowest BCUT2D eigenvalue weighted by molar-refractivity contribution is 0.0127. The van der Waals surface area contributed by atoms with Crippen molar-refractivity contribution in [2.24, 2.45) is 0 Å². The molecule has 7 nitrogen and oxygen atoms in total. The molecule has 0 aliphatic carbocycles. The molecule has 0 bridgehead atoms. The van der Waals surface area contributed by atoms with Gasteiger partial charge in [-0.15, -0.1) is 0 Å². The van der Waals surface area contributed by atoms with Gasteiger partial charge in [0.05, 0.1) is 35.8 Å². The second-order valence-corrected chi connectivity index (χ2v) is 7.87. The molecule has 1 unspecified atom stereocenters. The van der Waals surface area contributed by atoms with Crippen LogP contribution in [0.2, 0.25) is 0 Å². The van der Waals surface area contributed by atoms with E-state index < -0.39 is 10.0 Å². The average Bonchev–Trinajstić information content (AvgIpc) is 3.09. The number of rotatable bonds is 6. The molecule has 0 spiro atoms. The number of nitrogens with one attached hydrogen (secondary N) is 1. The van der Waals surface area contributed by atoms with Gasteiger partial charge in [-0.3, -0.25) is 4.90 Å². The normalized spacial score (nSPS) is 16.9. The molecule has 1 N–H and O–H groups in total. The van der Waals surface area contributed by atoms with E-state index in [1.165, 1.54) is 12.1 Å². The van der Waals surface area contributed by atoms with E-state index in [-0.39, 0.29) is 17.5 Å². The largest absolute Gasteiger partial charge is 0.465 e. The predicted octanol–water partition coefficient (Wildman–Crippen LogP) is 1.81. The summed E-state index contributed by atoms with van der Waals surface area (Å²) in [6.45, 7) is 4.65. The molecule has 0 amide bonds. The Balaban J connectivity index is 1.79. The van der Waals surface area contributed by atoms with Crippen LogP contribution in [0.15, 0.2) is 45.7 Å². The van der Waals surface area contributed by atoms with Crippen LogP contribution >= 0.6 is 0 Å². The number of furan rings is 1. The summed E-state index contributed by atoms with van der Waals surface area (Å²) in [6.07, 6.45) is 0. The summed E-state index contributed by atoms with van der Waals surface area (Å²) in [5.74, 6) is 1.50. The molecule has 8 heteroatoms. The van der Waals surface area contributed by atoms with Crippen LogP contribution in [-0.4, -0.2) is 46.2 Å². The first-order chi connectivity index (χ1) is 12.5. The monoisotopic (exact) mass is 375 g/mol. The van der Waals surface area contributed by atoms with E-state index in [4.69, 9.17) is 14.4 Å². The van der Waals surface area contributed by atoms with Crippen LogP contribution in [0.4, 0.5) is 0 Å². The van der Waals surface area contributed by atoms with Gasteiger partial charge in [-0.05, 0) is 37.3 Å². The van der Waals surface area contributed by atoms with Gasteiger partial charge < -0.3 is 9.15 Å². The summed E-state index contributed by atoms with van der Waals surface area (Å²) >= 11 is 0. The zero-order valence-electron chi connectivity index (χ0n) is 14.5. The second kappa shape index (κ2) is 8.01. The summed E-state index contributed by atoms with van der Waals surface area (Å²) < 4.78 is 39.0. The second-order valence-electron chi connectivity index (χ2n) is 6.10. The molecule has 2 heterocycles. The van der Waals surface area contributed by atoms with E-state index in [1.807, 2.05) is 25.1 Å². The summed E-state index contributed by atoms with van der Waals surface area (Å²) in [7, 11) is -3.73. The van der Waals surface area contributed by atoms with Crippen LogP contribution in [-0.2, 0) is 14.8 Å². The third-order valence-corrected chi connectivity index (χ3v) is 5.74. The Kier molecular flexibility index (Phi) is 5.74. The van der Waals surface area contributed by atoms with E-state index in [0.717, 1.165) is 11.5 Å². The van der Waals surface area contributed by atoms with Crippen molar-refractivity contribution in [3.05, 3.63) is 53.5 Å². The van der Waals surface area contributed by atoms with Crippen molar-refractivity contribution in [1.82, 2.24) is 9.62 Å². The van der Waals surface area contributed by atoms with Crippen LogP contribution in [0.3, 0.4) is 0 Å². The van der Waals surface area contributed by atoms with Gasteiger partial charge in [-0.2, -0.15) is 5.26 Å². The highest BCUT2D eigenvalue weighted by Gasteiger charge is 2.27. The third-order valence-electron chi connectivity index (χ3n) is 4.32. The van der Waals surface area contributed by atoms with Crippen molar-refractivity contribution in [2.75, 3.05) is 32.8 Å². The highest BCUT2D eigenvalue weighted by atomic mass is 32.2. The van der Waals surface area contributed by atoms with Crippen molar-refractivity contribution in [3.8, 4) is 6.07 Å². The number of nitrogens with zero attached hydrogens (tertiary/aromatic N) is 2. The van der Waals surface area contributed by atoms with E-state index >= 15 is 0 Å². The van der Waals surface area contributed by atoms with Gasteiger partial charge >= 0.3 is 0 Å². The van der Waals surface area contributed by atoms with Gasteiger partial charge in [0.15, 0.2) is 0 Å². The molecule has 26 heavy (non-hydrogen) atoms. The first kappa shape index (κ1) is 18.6. The minimum absolute atomic E-state index is 0.0768. The molecule has 1 atom stereocenters. The van der Waals surface area contributed by atoms with Gasteiger partial charge in [0.25, 0.3) is 0 Å². The highest BCUT2D eigenvalue weighted by molar-refractivity contribution is 7.89. The van der Waals surface area contributed by atoms with Gasteiger partial charge in [-0.1, -0.05) is 6.07 Å². The Morgan fingerprint density at radius 3 is 2.69 bits per heavy atom. The average molecular weight is 375 g/mol. The minimum Gasteiger partial charge on any atom is -0.465 e. The first-order valence-corrected chi connectivity index (χ1v) is 9.86. The van der Waals surface area contributed by atoms with Gasteiger partial charge in [-0.25, -0.2) is 13.1 Å². The number of benzene rings is 1. The van der Waals surface area contributed by atoms with E-state index in [2.05, 4.69) is 9.62 Å². The number of hydrogen-bond acceptors (Lipinski definition) is 6. The van der Waals surface area contributed by atoms with Crippen LogP contribution in [0.5, 0.6) is 0 Å². The SMILES string of the molecule is Cc1ccc(C(CNS(=O)(=O)c2cccc(C#N)c2)N2CCOCC2)o1. The fraction of sp³-hybridized carbons (Fsp3) is 0.389. The Bertz CT molecular complexity index is 895. The van der Waals surface area contributed by atoms with Crippen LogP contribution in [0.1, 0.15) is 23.1 Å². The predicted molar refractivity (Wildman–Crippen MR) is 94.9 cm³/mol. The van der Waals surface area contributed by atoms with Gasteiger partial charge in [0.2, 0.25) is 10.0 Å². The molecule has 1 saturated heterocycles. The number of aryl methyl sites for hydroxylation is 1. The maximum absolute atomic E-state index is 12.6. The molecule has 1 aliphatic rings. The molecule has 138 valence electrons. The fourth-order valence-electron chi connectivity index (χ4n) is 2.94. The lowest BCUT2D eigenvalue weighted by atomic mass is 10.2. The minimum atomic E-state index is -3.73. The van der Waals surface area contributed by atoms with Crippen LogP contribution in [0.25, 0.3) is 0 Å². The quantitative estimate of drug-likeness (QED) is 0.827. The van der Waals surface area contributed by atoms with Gasteiger partial charge in [0, 0.05) is 19.6 Å². The molecule has 1 aliphatic heterocycles. The number of morpholine rings is 1. The molecule has 1 aromatic carbocycles. The Morgan fingerprint density at radius 2 is 2.04 bits per heavy atom. The lowest BCUT2D eigenvalue weighted by Crippen LogP contribution is -2.43. The molecule has 0 saturated carbocycles. The molecule has 1 aromatic heterocycles. The smallest absolute Gasteiger partial charge is 0.240 e. The van der Waals surface area contributed by atoms with Crippen molar-refractivity contribution in [1.29, 1.82) is 5.26 Å². The van der Waals surface area contributed by atoms with Crippen molar-refractivity contribution in [3.63, 3.8) is 0 Å². The number of nitriles is 1. The summed E-state index contributed by atoms with van der Waals surface area (Å²) in [5, 5.41) is 8.97. The Hall–Kier alpha value is -2.18. The van der Waals surface area contributed by atoms with E-state index in [9.17, 15) is 8.42 Å². The van der Waals surface area contributed by atoms with E-state index in [0.29, 0.717) is 31.9 Å². The molecule has 3 rings (SSSR count). The number of ether oxygens (including phenoxy) is 1. The molecule has 1 fully saturated rings. The molecule has 0 radical (unpaired) electrons. The third kappa shape index (κ3) is 4.31. The number of hydrogen-bond donors (Lipinski definition) is 1. The topological polar surface area (TPSA) is 95.6 Å². The Labute approximate surface area is 153 Å². The highest BCUT2D eigenvalue weighted by Crippen LogP contribution is 2.24. The van der Waals surface area contributed by atoms with Crippen LogP contribution < -0.4 is 4.72 Å². The standard InChI is InChI=1S/C18H21N3O4S/c1-14-5-6-18(25-14)17(21-7-9-24-10-8-21)13-20-26(22,23)16-4-2-3-15(11-16)12-19/h2-6,11,17,20H,7-10,13H2,1H3. The van der Waals surface area contributed by atoms with Crippen molar-refractivity contribution in [2.45, 2.75) is 17.9 Å². The first-order valence-electron chi connectivity index (χ1n) is 8.37. The van der Waals surface area contributed by atoms with Crippen molar-refractivity contribution < 1.29 is 17.6 Å². The molecular weight excluding hydrogens is 354 g/mol. The number of sulfonamides is 1. The lowest BCUT2D eigenvalue weighted by Gasteiger charge is -2.33. The molecular formula is C18H21N3O4S. The zero-order chi connectivity index (χ0) is 18.6. The Morgan fingerprint density at radius 1 is 1.27 bits per heavy atom. The summed E-state index contributed by atoms with van der Waals surface area (Å²) in [5.41, 5.74) is 0.305. The zero-order valence-corrected chi connectivity index (χ0v) is 15.3. The maximum atomic E-state index is 12.6. The van der Waals surface area contributed by atoms with Crippen molar-refractivity contribution >= 4 is 10.0 Å². The maximum Gasteiger partial charge on any atom is 0.240 e.